The predicted molar refractivity (Wildman–Crippen MR) is 113 cm³/mol. The average Bonchev–Trinajstić information content (AvgIpc) is 3.12. The van der Waals surface area contributed by atoms with Crippen molar-refractivity contribution in [1.29, 1.82) is 0 Å². The fourth-order valence-corrected chi connectivity index (χ4v) is 3.54. The molecular weight excluding hydrogens is 388 g/mol. The molecule has 0 aliphatic carbocycles. The van der Waals surface area contributed by atoms with E-state index in [2.05, 4.69) is 15.5 Å². The van der Waals surface area contributed by atoms with Crippen molar-refractivity contribution in [2.45, 2.75) is 23.9 Å². The van der Waals surface area contributed by atoms with Gasteiger partial charge in [0.1, 0.15) is 11.5 Å². The molecule has 1 aromatic heterocycles. The summed E-state index contributed by atoms with van der Waals surface area (Å²) in [5.74, 6) is 2.26. The molecule has 0 spiro atoms. The Bertz CT molecular complexity index is 955. The molecule has 1 N–H and O–H groups in total. The number of benzene rings is 2. The van der Waals surface area contributed by atoms with Gasteiger partial charge in [-0.1, -0.05) is 23.9 Å². The molecule has 3 aromatic rings. The summed E-state index contributed by atoms with van der Waals surface area (Å²) in [5, 5.41) is 11.8. The lowest BCUT2D eigenvalue weighted by Gasteiger charge is -2.12. The van der Waals surface area contributed by atoms with Gasteiger partial charge in [-0.05, 0) is 48.9 Å². The molecule has 0 saturated carbocycles. The molecule has 0 unspecified atom stereocenters. The summed E-state index contributed by atoms with van der Waals surface area (Å²) in [6.45, 7) is 2.32. The van der Waals surface area contributed by atoms with Gasteiger partial charge in [-0.2, -0.15) is 0 Å². The van der Waals surface area contributed by atoms with E-state index in [0.717, 1.165) is 28.5 Å². The smallest absolute Gasteiger partial charge is 0.233 e. The molecular formula is C21H24N4O3S. The van der Waals surface area contributed by atoms with Crippen molar-refractivity contribution in [2.75, 3.05) is 14.2 Å². The van der Waals surface area contributed by atoms with Gasteiger partial charge in [0.25, 0.3) is 0 Å². The van der Waals surface area contributed by atoms with E-state index in [9.17, 15) is 4.79 Å². The number of hydrogen-bond acceptors (Lipinski definition) is 6. The van der Waals surface area contributed by atoms with Gasteiger partial charge >= 0.3 is 0 Å². The van der Waals surface area contributed by atoms with Crippen LogP contribution in [0.2, 0.25) is 0 Å². The number of methoxy groups -OCH3 is 2. The van der Waals surface area contributed by atoms with Gasteiger partial charge in [0, 0.05) is 19.2 Å². The van der Waals surface area contributed by atoms with Crippen molar-refractivity contribution < 1.29 is 14.3 Å². The Morgan fingerprint density at radius 3 is 2.21 bits per heavy atom. The van der Waals surface area contributed by atoms with Gasteiger partial charge in [0.15, 0.2) is 11.0 Å². The van der Waals surface area contributed by atoms with E-state index in [1.807, 2.05) is 67.1 Å². The van der Waals surface area contributed by atoms with Crippen LogP contribution in [0.1, 0.15) is 12.5 Å². The maximum atomic E-state index is 12.5. The SMILES string of the molecule is COc1ccc(CNC(=O)[C@@H](C)Sc2nnc(-c3ccc(OC)cc3)n2C)cc1. The zero-order chi connectivity index (χ0) is 20.8. The Morgan fingerprint density at radius 1 is 1.03 bits per heavy atom. The summed E-state index contributed by atoms with van der Waals surface area (Å²) in [4.78, 5) is 12.5. The molecule has 8 heteroatoms. The first kappa shape index (κ1) is 20.7. The van der Waals surface area contributed by atoms with Crippen LogP contribution in [0.4, 0.5) is 0 Å². The Hall–Kier alpha value is -3.00. The van der Waals surface area contributed by atoms with Gasteiger partial charge in [-0.3, -0.25) is 4.79 Å². The molecule has 3 rings (SSSR count). The molecule has 0 bridgehead atoms. The van der Waals surface area contributed by atoms with Crippen molar-refractivity contribution in [3.63, 3.8) is 0 Å². The predicted octanol–water partition coefficient (Wildman–Crippen LogP) is 3.30. The van der Waals surface area contributed by atoms with Crippen LogP contribution in [0.3, 0.4) is 0 Å². The number of hydrogen-bond donors (Lipinski definition) is 1. The number of rotatable bonds is 8. The molecule has 0 radical (unpaired) electrons. The maximum Gasteiger partial charge on any atom is 0.233 e. The molecule has 0 aliphatic rings. The first-order valence-electron chi connectivity index (χ1n) is 9.13. The zero-order valence-electron chi connectivity index (χ0n) is 16.9. The summed E-state index contributed by atoms with van der Waals surface area (Å²) >= 11 is 1.38. The molecule has 7 nitrogen and oxygen atoms in total. The van der Waals surface area contributed by atoms with Crippen LogP contribution >= 0.6 is 11.8 Å². The molecule has 152 valence electrons. The van der Waals surface area contributed by atoms with Crippen LogP contribution in [-0.4, -0.2) is 40.1 Å². The second-order valence-corrected chi connectivity index (χ2v) is 7.73. The summed E-state index contributed by atoms with van der Waals surface area (Å²) in [7, 11) is 5.15. The Morgan fingerprint density at radius 2 is 1.62 bits per heavy atom. The van der Waals surface area contributed by atoms with Crippen LogP contribution in [-0.2, 0) is 18.4 Å². The summed E-state index contributed by atoms with van der Waals surface area (Å²) in [6, 6.07) is 15.2. The van der Waals surface area contributed by atoms with Crippen LogP contribution < -0.4 is 14.8 Å². The summed E-state index contributed by atoms with van der Waals surface area (Å²) in [6.07, 6.45) is 0. The van der Waals surface area contributed by atoms with E-state index < -0.39 is 0 Å². The van der Waals surface area contributed by atoms with Crippen molar-refractivity contribution >= 4 is 17.7 Å². The monoisotopic (exact) mass is 412 g/mol. The largest absolute Gasteiger partial charge is 0.497 e. The van der Waals surface area contributed by atoms with E-state index >= 15 is 0 Å². The highest BCUT2D eigenvalue weighted by Crippen LogP contribution is 2.26. The van der Waals surface area contributed by atoms with E-state index in [0.29, 0.717) is 11.7 Å². The number of thioether (sulfide) groups is 1. The van der Waals surface area contributed by atoms with Crippen molar-refractivity contribution in [3.8, 4) is 22.9 Å². The molecule has 1 atom stereocenters. The third-order valence-electron chi connectivity index (χ3n) is 4.46. The highest BCUT2D eigenvalue weighted by Gasteiger charge is 2.19. The molecule has 29 heavy (non-hydrogen) atoms. The van der Waals surface area contributed by atoms with Gasteiger partial charge < -0.3 is 19.4 Å². The second kappa shape index (κ2) is 9.47. The number of carbonyl (C=O) groups excluding carboxylic acids is 1. The van der Waals surface area contributed by atoms with E-state index in [-0.39, 0.29) is 11.2 Å². The quantitative estimate of drug-likeness (QED) is 0.572. The van der Waals surface area contributed by atoms with E-state index in [1.54, 1.807) is 14.2 Å². The van der Waals surface area contributed by atoms with Crippen molar-refractivity contribution in [3.05, 3.63) is 54.1 Å². The average molecular weight is 413 g/mol. The highest BCUT2D eigenvalue weighted by molar-refractivity contribution is 8.00. The Labute approximate surface area is 174 Å². The first-order valence-corrected chi connectivity index (χ1v) is 10.0. The minimum atomic E-state index is -0.306. The minimum absolute atomic E-state index is 0.0557. The number of aromatic nitrogens is 3. The minimum Gasteiger partial charge on any atom is -0.497 e. The molecule has 0 fully saturated rings. The van der Waals surface area contributed by atoms with E-state index in [1.165, 1.54) is 11.8 Å². The van der Waals surface area contributed by atoms with Gasteiger partial charge in [0.2, 0.25) is 5.91 Å². The Balaban J connectivity index is 1.60. The number of carbonyl (C=O) groups is 1. The Kier molecular flexibility index (Phi) is 6.77. The first-order chi connectivity index (χ1) is 14.0. The third-order valence-corrected chi connectivity index (χ3v) is 5.59. The van der Waals surface area contributed by atoms with Crippen molar-refractivity contribution in [1.82, 2.24) is 20.1 Å². The molecule has 1 amide bonds. The number of nitrogens with zero attached hydrogens (tertiary/aromatic N) is 3. The van der Waals surface area contributed by atoms with Gasteiger partial charge in [-0.25, -0.2) is 0 Å². The lowest BCUT2D eigenvalue weighted by atomic mass is 10.2. The summed E-state index contributed by atoms with van der Waals surface area (Å²) in [5.41, 5.74) is 1.95. The number of amides is 1. The highest BCUT2D eigenvalue weighted by atomic mass is 32.2. The molecule has 0 saturated heterocycles. The number of nitrogens with one attached hydrogen (secondary N) is 1. The normalized spacial score (nSPS) is 11.7. The van der Waals surface area contributed by atoms with Crippen LogP contribution in [0.15, 0.2) is 53.7 Å². The van der Waals surface area contributed by atoms with Gasteiger partial charge in [-0.15, -0.1) is 10.2 Å². The van der Waals surface area contributed by atoms with Crippen molar-refractivity contribution in [2.24, 2.45) is 7.05 Å². The fraction of sp³-hybridized carbons (Fsp3) is 0.286. The molecule has 2 aromatic carbocycles. The fourth-order valence-electron chi connectivity index (χ4n) is 2.70. The zero-order valence-corrected chi connectivity index (χ0v) is 17.7. The lowest BCUT2D eigenvalue weighted by Crippen LogP contribution is -2.30. The summed E-state index contributed by atoms with van der Waals surface area (Å²) < 4.78 is 12.2. The second-order valence-electron chi connectivity index (χ2n) is 6.42. The number of ether oxygens (including phenoxy) is 2. The molecule has 0 aliphatic heterocycles. The van der Waals surface area contributed by atoms with Crippen LogP contribution in [0.5, 0.6) is 11.5 Å². The standard InChI is InChI=1S/C21H24N4O3S/c1-14(20(26)22-13-15-5-9-17(27-3)10-6-15)29-21-24-23-19(25(21)2)16-7-11-18(28-4)12-8-16/h5-12,14H,13H2,1-4H3,(H,22,26)/t14-/m1/s1. The van der Waals surface area contributed by atoms with Gasteiger partial charge in [0.05, 0.1) is 19.5 Å². The van der Waals surface area contributed by atoms with Crippen LogP contribution in [0, 0.1) is 0 Å². The topological polar surface area (TPSA) is 78.3 Å². The maximum absolute atomic E-state index is 12.5. The third kappa shape index (κ3) is 5.08. The van der Waals surface area contributed by atoms with Crippen LogP contribution in [0.25, 0.3) is 11.4 Å². The molecule has 1 heterocycles. The lowest BCUT2D eigenvalue weighted by molar-refractivity contribution is -0.120. The van der Waals surface area contributed by atoms with E-state index in [4.69, 9.17) is 9.47 Å².